The number of anilines is 12. The van der Waals surface area contributed by atoms with Crippen molar-refractivity contribution < 1.29 is 0 Å². The maximum absolute atomic E-state index is 2.66. The molecule has 5 aliphatic rings. The van der Waals surface area contributed by atoms with Crippen molar-refractivity contribution in [1.29, 1.82) is 0 Å². The number of nitrogens with zero attached hydrogens (tertiary/aromatic N) is 4. The van der Waals surface area contributed by atoms with E-state index in [4.69, 9.17) is 0 Å². The molecule has 0 saturated carbocycles. The second-order valence-corrected chi connectivity index (χ2v) is 25.2. The lowest BCUT2D eigenvalue weighted by Crippen LogP contribution is -2.60. The Morgan fingerprint density at radius 1 is 0.282 bits per heavy atom. The highest BCUT2D eigenvalue weighted by molar-refractivity contribution is 7.34. The Morgan fingerprint density at radius 3 is 0.976 bits per heavy atom. The summed E-state index contributed by atoms with van der Waals surface area (Å²) < 4.78 is 5.32. The van der Waals surface area contributed by atoms with Gasteiger partial charge in [-0.15, -0.1) is 22.7 Å². The quantitative estimate of drug-likeness (QED) is 0.154. The summed E-state index contributed by atoms with van der Waals surface area (Å²) in [6, 6.07) is 110. The molecule has 4 nitrogen and oxygen atoms in total. The molecule has 2 aromatic heterocycles. The van der Waals surface area contributed by atoms with E-state index >= 15 is 0 Å². The van der Waals surface area contributed by atoms with Crippen LogP contribution in [0, 0.1) is 0 Å². The zero-order valence-electron chi connectivity index (χ0n) is 46.0. The fourth-order valence-electron chi connectivity index (χ4n) is 15.6. The van der Waals surface area contributed by atoms with E-state index in [0.717, 1.165) is 22.7 Å². The Labute approximate surface area is 502 Å². The number of para-hydroxylation sites is 4. The minimum atomic E-state index is -0.731. The first kappa shape index (κ1) is 47.4. The predicted octanol–water partition coefficient (Wildman–Crippen LogP) is 16.6. The second kappa shape index (κ2) is 17.9. The minimum Gasteiger partial charge on any atom is -0.311 e. The molecule has 0 unspecified atom stereocenters. The summed E-state index contributed by atoms with van der Waals surface area (Å²) in [5, 5.41) is 2.56. The summed E-state index contributed by atoms with van der Waals surface area (Å²) in [5.41, 5.74) is 26.5. The van der Waals surface area contributed by atoms with Crippen LogP contribution in [0.25, 0.3) is 31.3 Å². The molecular weight excluding hydrogens is 1070 g/mol. The molecule has 0 amide bonds. The first-order chi connectivity index (χ1) is 42.2. The van der Waals surface area contributed by atoms with E-state index in [1.807, 2.05) is 22.7 Å². The summed E-state index contributed by atoms with van der Waals surface area (Å²) in [5.74, 6) is 0. The number of hydrogen-bond acceptors (Lipinski definition) is 6. The van der Waals surface area contributed by atoms with Crippen LogP contribution < -0.4 is 51.0 Å². The van der Waals surface area contributed by atoms with Crippen molar-refractivity contribution in [2.45, 2.75) is 5.41 Å². The first-order valence-corrected chi connectivity index (χ1v) is 31.0. The summed E-state index contributed by atoms with van der Waals surface area (Å²) in [7, 11) is 0. The van der Waals surface area contributed by atoms with Crippen LogP contribution >= 0.6 is 22.7 Å². The molecule has 14 aromatic rings. The van der Waals surface area contributed by atoms with Crippen LogP contribution in [-0.4, -0.2) is 13.4 Å². The lowest BCUT2D eigenvalue weighted by Gasteiger charge is -2.44. The first-order valence-electron chi connectivity index (χ1n) is 29.4. The van der Waals surface area contributed by atoms with E-state index in [2.05, 4.69) is 311 Å². The van der Waals surface area contributed by atoms with Crippen LogP contribution in [-0.2, 0) is 5.41 Å². The van der Waals surface area contributed by atoms with Crippen LogP contribution in [0.5, 0.6) is 0 Å². The van der Waals surface area contributed by atoms with Gasteiger partial charge in [0.15, 0.2) is 0 Å². The lowest BCUT2D eigenvalue weighted by molar-refractivity contribution is 0.768. The van der Waals surface area contributed by atoms with Gasteiger partial charge in [-0.2, -0.15) is 0 Å². The predicted molar refractivity (Wildman–Crippen MR) is 363 cm³/mol. The second-order valence-electron chi connectivity index (χ2n) is 23.0. The van der Waals surface area contributed by atoms with Crippen LogP contribution in [0.3, 0.4) is 0 Å². The third-order valence-electron chi connectivity index (χ3n) is 18.8. The number of thiophene rings is 2. The van der Waals surface area contributed by atoms with Gasteiger partial charge in [-0.3, -0.25) is 0 Å². The van der Waals surface area contributed by atoms with Gasteiger partial charge >= 0.3 is 0 Å². The Bertz CT molecular complexity index is 4730. The van der Waals surface area contributed by atoms with Crippen molar-refractivity contribution in [3.63, 3.8) is 0 Å². The van der Waals surface area contributed by atoms with Crippen molar-refractivity contribution >= 4 is 156 Å². The van der Waals surface area contributed by atoms with E-state index in [1.165, 1.54) is 130 Å². The molecule has 0 spiro atoms. The standard InChI is InChI=1S/C77H48B2N4S2/c1-7-25-49(26-8-1)77(50-27-9-2-10-28-50)59-47-67-61(78-71-63(80(67)51-29-11-3-12-30-51)39-23-41-65(71)82(53-33-15-5-16-34-53)73-55-37-19-21-43-69(55)84-75(73)78)45-57(59)58-46-62-68(48-60(58)77)81(52-31-13-4-14-32-52)64-40-24-42-66-72(64)79(62)76-74(56-38-20-22-44-70(56)85-76)83(66)54-35-17-6-18-36-54/h1-48H. The molecule has 0 bridgehead atoms. The third-order valence-corrected chi connectivity index (χ3v) is 21.3. The SMILES string of the molecule is c1ccc(N2c3cc4c(cc3B3c5sc6ccccc6c5N(c5ccccc5)c5cccc2c53)-c2cc3c(cc2C4(c2ccccc2)c2ccccc2)N(c2ccccc2)c2cccc4c2B3c2sc3ccccc3c2N4c2ccccc2)cc1. The van der Waals surface area contributed by atoms with Crippen molar-refractivity contribution in [3.05, 3.63) is 313 Å². The van der Waals surface area contributed by atoms with Crippen LogP contribution in [0.4, 0.5) is 68.2 Å². The average Bonchev–Trinajstić information content (AvgIpc) is 1.71. The molecule has 8 heteroatoms. The van der Waals surface area contributed by atoms with E-state index in [9.17, 15) is 0 Å². The topological polar surface area (TPSA) is 13.0 Å². The number of hydrogen-bond donors (Lipinski definition) is 0. The zero-order valence-corrected chi connectivity index (χ0v) is 47.6. The van der Waals surface area contributed by atoms with Crippen molar-refractivity contribution in [3.8, 4) is 11.1 Å². The summed E-state index contributed by atoms with van der Waals surface area (Å²) >= 11 is 3.91. The highest BCUT2D eigenvalue weighted by Gasteiger charge is 2.53. The summed E-state index contributed by atoms with van der Waals surface area (Å²) in [4.78, 5) is 10.3. The molecule has 0 fully saturated rings. The highest BCUT2D eigenvalue weighted by atomic mass is 32.1. The van der Waals surface area contributed by atoms with E-state index in [-0.39, 0.29) is 13.4 Å². The van der Waals surface area contributed by atoms with Gasteiger partial charge in [0.1, 0.15) is 0 Å². The Morgan fingerprint density at radius 2 is 0.600 bits per heavy atom. The molecule has 394 valence electrons. The molecule has 0 saturated heterocycles. The molecule has 0 atom stereocenters. The van der Waals surface area contributed by atoms with E-state index in [1.54, 1.807) is 0 Å². The fourth-order valence-corrected chi connectivity index (χ4v) is 18.2. The van der Waals surface area contributed by atoms with Gasteiger partial charge in [0.25, 0.3) is 13.4 Å². The normalized spacial score (nSPS) is 14.3. The minimum absolute atomic E-state index is 0.0604. The highest BCUT2D eigenvalue weighted by Crippen LogP contribution is 2.60. The summed E-state index contributed by atoms with van der Waals surface area (Å²) in [6.07, 6.45) is 0. The third kappa shape index (κ3) is 6.42. The number of benzene rings is 12. The van der Waals surface area contributed by atoms with Gasteiger partial charge in [-0.05, 0) is 152 Å². The molecular formula is C77H48B2N4S2. The van der Waals surface area contributed by atoms with Gasteiger partial charge in [0, 0.05) is 86.6 Å². The lowest BCUT2D eigenvalue weighted by atomic mass is 9.35. The molecule has 0 N–H and O–H groups in total. The van der Waals surface area contributed by atoms with E-state index < -0.39 is 5.41 Å². The van der Waals surface area contributed by atoms with Gasteiger partial charge < -0.3 is 19.6 Å². The van der Waals surface area contributed by atoms with E-state index in [0.29, 0.717) is 0 Å². The number of rotatable bonds is 6. The van der Waals surface area contributed by atoms with Crippen LogP contribution in [0.2, 0.25) is 0 Å². The largest absolute Gasteiger partial charge is 0.311 e. The molecule has 4 aliphatic heterocycles. The Balaban J connectivity index is 0.957. The average molecular weight is 1120 g/mol. The maximum Gasteiger partial charge on any atom is 0.264 e. The van der Waals surface area contributed by atoms with Gasteiger partial charge in [0.05, 0.1) is 16.8 Å². The molecule has 85 heavy (non-hydrogen) atoms. The van der Waals surface area contributed by atoms with Crippen molar-refractivity contribution in [2.24, 2.45) is 0 Å². The van der Waals surface area contributed by atoms with Crippen molar-refractivity contribution in [2.75, 3.05) is 19.6 Å². The molecule has 0 radical (unpaired) electrons. The Kier molecular flexibility index (Phi) is 10.0. The molecule has 6 heterocycles. The van der Waals surface area contributed by atoms with Crippen molar-refractivity contribution in [1.82, 2.24) is 0 Å². The molecule has 12 aromatic carbocycles. The smallest absolute Gasteiger partial charge is 0.264 e. The molecule has 19 rings (SSSR count). The number of fused-ring (bicyclic) bond motifs is 15. The monoisotopic (exact) mass is 1110 g/mol. The van der Waals surface area contributed by atoms with Gasteiger partial charge in [-0.1, -0.05) is 194 Å². The fraction of sp³-hybridized carbons (Fsp3) is 0.0130. The van der Waals surface area contributed by atoms with Crippen LogP contribution in [0.1, 0.15) is 22.3 Å². The Hall–Kier alpha value is -10.1. The maximum atomic E-state index is 2.66. The summed E-state index contributed by atoms with van der Waals surface area (Å²) in [6.45, 7) is -0.121. The van der Waals surface area contributed by atoms with Crippen LogP contribution in [0.15, 0.2) is 291 Å². The van der Waals surface area contributed by atoms with Gasteiger partial charge in [-0.25, -0.2) is 0 Å². The van der Waals surface area contributed by atoms with Gasteiger partial charge in [0.2, 0.25) is 0 Å². The zero-order chi connectivity index (χ0) is 55.5. The molecule has 1 aliphatic carbocycles.